The standard InChI is InChI=1S/C24H20N4O3/c1-31-21-9-5-4-8-20(21)26-24(30)19-14-15-6-2-3-7-18(15)22(23(19)29)28-27-17-12-10-16(25)11-13-17/h2-14,29H,25H2,1H3,(H,26,30). The molecule has 0 aliphatic rings. The summed E-state index contributed by atoms with van der Waals surface area (Å²) >= 11 is 0. The molecule has 0 saturated heterocycles. The molecule has 0 saturated carbocycles. The molecule has 1 amide bonds. The molecule has 0 radical (unpaired) electrons. The smallest absolute Gasteiger partial charge is 0.259 e. The Morgan fingerprint density at radius 1 is 0.968 bits per heavy atom. The number of carbonyl (C=O) groups excluding carboxylic acids is 1. The maximum atomic E-state index is 13.0. The van der Waals surface area contributed by atoms with Crippen LogP contribution in [0.2, 0.25) is 0 Å². The van der Waals surface area contributed by atoms with Gasteiger partial charge in [0.2, 0.25) is 0 Å². The van der Waals surface area contributed by atoms with E-state index in [2.05, 4.69) is 15.5 Å². The predicted molar refractivity (Wildman–Crippen MR) is 122 cm³/mol. The van der Waals surface area contributed by atoms with E-state index in [1.165, 1.54) is 7.11 Å². The zero-order chi connectivity index (χ0) is 21.8. The van der Waals surface area contributed by atoms with Crippen LogP contribution in [0.25, 0.3) is 10.8 Å². The van der Waals surface area contributed by atoms with Gasteiger partial charge in [-0.15, -0.1) is 5.11 Å². The largest absolute Gasteiger partial charge is 0.505 e. The molecule has 0 fully saturated rings. The number of rotatable bonds is 5. The van der Waals surface area contributed by atoms with Crippen LogP contribution in [0, 0.1) is 0 Å². The van der Waals surface area contributed by atoms with Crippen molar-refractivity contribution in [1.29, 1.82) is 0 Å². The minimum absolute atomic E-state index is 0.0795. The van der Waals surface area contributed by atoms with Gasteiger partial charge in [-0.05, 0) is 47.9 Å². The molecule has 0 heterocycles. The number of carbonyl (C=O) groups is 1. The fourth-order valence-corrected chi connectivity index (χ4v) is 3.18. The first-order chi connectivity index (χ1) is 15.1. The lowest BCUT2D eigenvalue weighted by Gasteiger charge is -2.13. The Bertz CT molecular complexity index is 1280. The second kappa shape index (κ2) is 8.54. The minimum atomic E-state index is -0.489. The highest BCUT2D eigenvalue weighted by Gasteiger charge is 2.19. The number of ether oxygens (including phenoxy) is 1. The molecule has 4 aromatic carbocycles. The molecule has 0 aliphatic carbocycles. The molecule has 154 valence electrons. The van der Waals surface area contributed by atoms with Crippen molar-refractivity contribution in [1.82, 2.24) is 0 Å². The molecular weight excluding hydrogens is 392 g/mol. The molecule has 7 nitrogen and oxygen atoms in total. The van der Waals surface area contributed by atoms with Gasteiger partial charge in [-0.1, -0.05) is 36.4 Å². The summed E-state index contributed by atoms with van der Waals surface area (Å²) in [5, 5.41) is 23.6. The van der Waals surface area contributed by atoms with E-state index in [9.17, 15) is 9.90 Å². The fraction of sp³-hybridized carbons (Fsp3) is 0.0417. The van der Waals surface area contributed by atoms with Crippen molar-refractivity contribution in [2.75, 3.05) is 18.2 Å². The van der Waals surface area contributed by atoms with Crippen molar-refractivity contribution in [3.8, 4) is 11.5 Å². The maximum absolute atomic E-state index is 13.0. The number of phenols is 1. The highest BCUT2D eigenvalue weighted by Crippen LogP contribution is 2.40. The summed E-state index contributed by atoms with van der Waals surface area (Å²) in [5.74, 6) is -0.235. The number of nitrogens with zero attached hydrogens (tertiary/aromatic N) is 2. The molecule has 0 bridgehead atoms. The predicted octanol–water partition coefficient (Wildman–Crippen LogP) is 5.80. The number of methoxy groups -OCH3 is 1. The first kappa shape index (κ1) is 19.9. The molecule has 4 aromatic rings. The first-order valence-corrected chi connectivity index (χ1v) is 9.53. The van der Waals surface area contributed by atoms with E-state index in [-0.39, 0.29) is 17.0 Å². The van der Waals surface area contributed by atoms with Crippen LogP contribution in [0.5, 0.6) is 11.5 Å². The second-order valence-electron chi connectivity index (χ2n) is 6.79. The van der Waals surface area contributed by atoms with Crippen LogP contribution in [0.15, 0.2) is 89.1 Å². The Hall–Kier alpha value is -4.39. The first-order valence-electron chi connectivity index (χ1n) is 9.53. The summed E-state index contributed by atoms with van der Waals surface area (Å²) in [6.45, 7) is 0. The number of benzene rings is 4. The molecular formula is C24H20N4O3. The average Bonchev–Trinajstić information content (AvgIpc) is 2.79. The van der Waals surface area contributed by atoms with Crippen molar-refractivity contribution in [2.45, 2.75) is 0 Å². The summed E-state index contributed by atoms with van der Waals surface area (Å²) in [6.07, 6.45) is 0. The van der Waals surface area contributed by atoms with E-state index in [0.717, 1.165) is 5.39 Å². The minimum Gasteiger partial charge on any atom is -0.505 e. The van der Waals surface area contributed by atoms with E-state index < -0.39 is 5.91 Å². The number of nitrogens with two attached hydrogens (primary N) is 1. The van der Waals surface area contributed by atoms with E-state index in [1.807, 2.05) is 24.3 Å². The highest BCUT2D eigenvalue weighted by molar-refractivity contribution is 6.12. The number of anilines is 2. The highest BCUT2D eigenvalue weighted by atomic mass is 16.5. The lowest BCUT2D eigenvalue weighted by Crippen LogP contribution is -2.13. The third-order valence-electron chi connectivity index (χ3n) is 4.75. The van der Waals surface area contributed by atoms with Crippen molar-refractivity contribution >= 4 is 39.4 Å². The van der Waals surface area contributed by atoms with Gasteiger partial charge in [0.25, 0.3) is 5.91 Å². The number of aromatic hydroxyl groups is 1. The fourth-order valence-electron chi connectivity index (χ4n) is 3.18. The summed E-state index contributed by atoms with van der Waals surface area (Å²) in [4.78, 5) is 13.0. The zero-order valence-corrected chi connectivity index (χ0v) is 16.7. The van der Waals surface area contributed by atoms with Crippen LogP contribution in [0.1, 0.15) is 10.4 Å². The molecule has 4 rings (SSSR count). The van der Waals surface area contributed by atoms with Gasteiger partial charge in [-0.3, -0.25) is 4.79 Å². The number of nitrogens with one attached hydrogen (secondary N) is 1. The van der Waals surface area contributed by atoms with Crippen LogP contribution in [-0.4, -0.2) is 18.1 Å². The monoisotopic (exact) mass is 412 g/mol. The maximum Gasteiger partial charge on any atom is 0.259 e. The van der Waals surface area contributed by atoms with Gasteiger partial charge in [-0.25, -0.2) is 0 Å². The van der Waals surface area contributed by atoms with Gasteiger partial charge in [0.15, 0.2) is 5.75 Å². The normalized spacial score (nSPS) is 11.0. The third-order valence-corrected chi connectivity index (χ3v) is 4.75. The zero-order valence-electron chi connectivity index (χ0n) is 16.7. The second-order valence-corrected chi connectivity index (χ2v) is 6.79. The lowest BCUT2D eigenvalue weighted by molar-refractivity contribution is 0.102. The molecule has 0 aromatic heterocycles. The van der Waals surface area contributed by atoms with Crippen LogP contribution in [-0.2, 0) is 0 Å². The SMILES string of the molecule is COc1ccccc1NC(=O)c1cc2ccccc2c(N=Nc2ccc(N)cc2)c1O. The number of hydrogen-bond donors (Lipinski definition) is 3. The number of phenolic OH excluding ortho intramolecular Hbond substituents is 1. The summed E-state index contributed by atoms with van der Waals surface area (Å²) < 4.78 is 5.28. The Morgan fingerprint density at radius 2 is 1.68 bits per heavy atom. The molecule has 0 aliphatic heterocycles. The third kappa shape index (κ3) is 4.16. The summed E-state index contributed by atoms with van der Waals surface area (Å²) in [6, 6.07) is 22.9. The number of fused-ring (bicyclic) bond motifs is 1. The molecule has 0 atom stereocenters. The van der Waals surface area contributed by atoms with E-state index in [0.29, 0.717) is 28.2 Å². The number of amides is 1. The van der Waals surface area contributed by atoms with E-state index >= 15 is 0 Å². The summed E-state index contributed by atoms with van der Waals surface area (Å²) in [7, 11) is 1.52. The van der Waals surface area contributed by atoms with Gasteiger partial charge in [0.1, 0.15) is 11.4 Å². The Kier molecular flexibility index (Phi) is 5.49. The van der Waals surface area contributed by atoms with Gasteiger partial charge < -0.3 is 20.9 Å². The molecule has 0 spiro atoms. The van der Waals surface area contributed by atoms with E-state index in [4.69, 9.17) is 10.5 Å². The lowest BCUT2D eigenvalue weighted by atomic mass is 10.0. The molecule has 4 N–H and O–H groups in total. The Balaban J connectivity index is 1.77. The topological polar surface area (TPSA) is 109 Å². The quantitative estimate of drug-likeness (QED) is 0.284. The van der Waals surface area contributed by atoms with Crippen molar-refractivity contribution in [2.24, 2.45) is 10.2 Å². The van der Waals surface area contributed by atoms with Crippen LogP contribution >= 0.6 is 0 Å². The van der Waals surface area contributed by atoms with Crippen LogP contribution < -0.4 is 15.8 Å². The van der Waals surface area contributed by atoms with Crippen LogP contribution in [0.3, 0.4) is 0 Å². The Labute approximate surface area is 178 Å². The van der Waals surface area contributed by atoms with Crippen molar-refractivity contribution < 1.29 is 14.6 Å². The van der Waals surface area contributed by atoms with Crippen molar-refractivity contribution in [3.63, 3.8) is 0 Å². The number of hydrogen-bond acceptors (Lipinski definition) is 6. The van der Waals surface area contributed by atoms with E-state index in [1.54, 1.807) is 54.6 Å². The number of para-hydroxylation sites is 2. The van der Waals surface area contributed by atoms with Crippen LogP contribution in [0.4, 0.5) is 22.7 Å². The average molecular weight is 412 g/mol. The summed E-state index contributed by atoms with van der Waals surface area (Å²) in [5.41, 5.74) is 7.67. The van der Waals surface area contributed by atoms with Gasteiger partial charge in [0.05, 0.1) is 24.0 Å². The number of nitrogen functional groups attached to an aromatic ring is 1. The van der Waals surface area contributed by atoms with Gasteiger partial charge in [-0.2, -0.15) is 5.11 Å². The van der Waals surface area contributed by atoms with Gasteiger partial charge >= 0.3 is 0 Å². The molecule has 31 heavy (non-hydrogen) atoms. The molecule has 7 heteroatoms. The molecule has 0 unspecified atom stereocenters. The van der Waals surface area contributed by atoms with Crippen molar-refractivity contribution in [3.05, 3.63) is 84.4 Å². The Morgan fingerprint density at radius 3 is 2.45 bits per heavy atom. The number of azo groups is 1. The van der Waals surface area contributed by atoms with Gasteiger partial charge in [0, 0.05) is 11.1 Å².